The fraction of sp³-hybridized carbons (Fsp3) is 0.347. The first-order chi connectivity index (χ1) is 52.3. The first kappa shape index (κ1) is 101. The summed E-state index contributed by atoms with van der Waals surface area (Å²) in [5.74, 6) is -1.30. The zero-order valence-electron chi connectivity index (χ0n) is 71.0. The maximum Gasteiger partial charge on any atom is 4.00 e. The van der Waals surface area contributed by atoms with Gasteiger partial charge in [-0.3, -0.25) is 0 Å². The van der Waals surface area contributed by atoms with Crippen molar-refractivity contribution in [2.75, 3.05) is 0 Å². The average molecular weight is 1700 g/mol. The molecule has 0 atom stereocenters. The molecule has 596 valence electrons. The SMILES string of the molecule is CC#N.CC#N.CC#N.CC#N.CC(C)(C)c1cc2c([O-])c(c1)Cc1cc(C(C)(C)C)cc(c1[O-])Cc1cc(C(C)(C)C)cc(c1[O-])Cc1cc(C(C)(C)C)cc(c1[O-])Cc1cc(C(C)(C)C)cc(c1[O-])Cc1cc(C(C)(C)C)cc(c1[O-])C2.[Mo+4].[Mo+4].[N-]=[N+](c1ccccc1)c1ccccc1.[N-]=[N+](c1ccccc1)c1ccccc1.[O-2]. The second-order valence-electron chi connectivity index (χ2n) is 34.2. The molecule has 0 N–H and O–H groups in total. The first-order valence-corrected chi connectivity index (χ1v) is 37.7. The van der Waals surface area contributed by atoms with Crippen molar-refractivity contribution in [2.24, 2.45) is 0 Å². The van der Waals surface area contributed by atoms with E-state index in [1.165, 1.54) is 37.1 Å². The third-order valence-corrected chi connectivity index (χ3v) is 18.9. The van der Waals surface area contributed by atoms with Gasteiger partial charge in [-0.15, -0.1) is 34.5 Å². The Balaban J connectivity index is 0.000000844. The van der Waals surface area contributed by atoms with E-state index in [9.17, 15) is 41.7 Å². The van der Waals surface area contributed by atoms with Crippen LogP contribution in [0.15, 0.2) is 194 Å². The maximum atomic E-state index is 15.0. The van der Waals surface area contributed by atoms with Crippen LogP contribution in [0.4, 0.5) is 22.7 Å². The van der Waals surface area contributed by atoms with Gasteiger partial charge in [0.1, 0.15) is 0 Å². The van der Waals surface area contributed by atoms with E-state index in [1.54, 1.807) is 24.3 Å². The van der Waals surface area contributed by atoms with Crippen LogP contribution in [-0.2, 0) is 119 Å². The monoisotopic (exact) mass is 1710 g/mol. The normalized spacial score (nSPS) is 11.6. The van der Waals surface area contributed by atoms with Gasteiger partial charge in [-0.1, -0.05) is 337 Å². The molecule has 0 aromatic heterocycles. The molecule has 11 rings (SSSR count). The predicted molar refractivity (Wildman–Crippen MR) is 446 cm³/mol. The zero-order chi connectivity index (χ0) is 84.0. The van der Waals surface area contributed by atoms with Gasteiger partial charge in [0.2, 0.25) is 0 Å². The molecule has 0 spiro atoms. The molecule has 12 bridgehead atoms. The quantitative estimate of drug-likeness (QED) is 0.0910. The van der Waals surface area contributed by atoms with Crippen LogP contribution in [-0.4, -0.2) is 0 Å². The Kier molecular flexibility index (Phi) is 38.3. The molecule has 10 aromatic rings. The van der Waals surface area contributed by atoms with Crippen molar-refractivity contribution in [3.8, 4) is 58.8 Å². The second kappa shape index (κ2) is 43.8. The van der Waals surface area contributed by atoms with Crippen molar-refractivity contribution in [3.05, 3.63) is 305 Å². The molecule has 0 amide bonds. The summed E-state index contributed by atoms with van der Waals surface area (Å²) in [6.07, 6.45) is 0.405. The molecule has 0 saturated carbocycles. The molecule has 0 saturated heterocycles. The number of nitrogens with zero attached hydrogens (tertiary/aromatic N) is 8. The number of fused-ring (bicyclic) bond motifs is 12. The van der Waals surface area contributed by atoms with E-state index in [1.807, 2.05) is 194 Å². The summed E-state index contributed by atoms with van der Waals surface area (Å²) in [5, 5.41) is 119. The molecule has 17 heteroatoms. The molecule has 15 nitrogen and oxygen atoms in total. The molecule has 10 aromatic carbocycles. The van der Waals surface area contributed by atoms with Crippen LogP contribution in [0, 0.1) is 45.3 Å². The topological polar surface area (TPSA) is 313 Å². The number of benzene rings is 10. The summed E-state index contributed by atoms with van der Waals surface area (Å²) < 4.78 is 2.33. The zero-order valence-corrected chi connectivity index (χ0v) is 75.0. The van der Waals surface area contributed by atoms with Gasteiger partial charge in [0.15, 0.2) is 22.7 Å². The summed E-state index contributed by atoms with van der Waals surface area (Å²) in [4.78, 5) is 0. The number of hydrogen-bond acceptors (Lipinski definition) is 10. The second-order valence-corrected chi connectivity index (χ2v) is 34.2. The van der Waals surface area contributed by atoms with E-state index >= 15 is 0 Å². The molecule has 0 aliphatic heterocycles. The first-order valence-electron chi connectivity index (χ1n) is 37.7. The maximum absolute atomic E-state index is 15.0. The molecular weight excluding hydrogens is 1590 g/mol. The minimum absolute atomic E-state index is 0. The summed E-state index contributed by atoms with van der Waals surface area (Å²) in [6, 6.07) is 67.7. The Morgan fingerprint density at radius 1 is 0.243 bits per heavy atom. The molecule has 1 aliphatic carbocycles. The standard InChI is InChI=1S/C66H84O6.2C12H10N2.4C2H3N.2Mo.O/c1-61(2,3)49-25-37-19-39-27-50(62(4,5)6)29-41(56(39)68)21-43-31-52(64(10,11)12)33-45(58(43)70)23-47-35-54(66(16,17)18)36-48(60(47)72)24-46-34-53(65(13,14)15)32-44(59(46)71)22-42-30-51(63(7,8)9)28-40(57(42)69)20-38(26-49)55(37)67;2*13-14(11-7-3-1-4-8-11)12-9-5-2-6-10-12;4*1-2-3;;;/h25-36,67-72H,19-24H2,1-18H3;2*1-10H;4*1H3;;;/q;;;;;;;2*+4;-2/p-6. The predicted octanol–water partition coefficient (Wildman–Crippen LogP) is 20.9. The smallest absolute Gasteiger partial charge is 2.00 e. The molecule has 115 heavy (non-hydrogen) atoms. The van der Waals surface area contributed by atoms with Gasteiger partial charge in [-0.2, -0.15) is 21.0 Å². The minimum Gasteiger partial charge on any atom is -2.00 e. The van der Waals surface area contributed by atoms with Gasteiger partial charge < -0.3 is 47.2 Å². The molecular formula is C98H110Mo2N8O7. The fourth-order valence-electron chi connectivity index (χ4n) is 12.5. The van der Waals surface area contributed by atoms with Gasteiger partial charge in [0.25, 0.3) is 0 Å². The van der Waals surface area contributed by atoms with Crippen LogP contribution in [0.3, 0.4) is 0 Å². The van der Waals surface area contributed by atoms with Crippen LogP contribution in [0.5, 0.6) is 34.5 Å². The van der Waals surface area contributed by atoms with Gasteiger partial charge in [0.05, 0.1) is 24.3 Å². The van der Waals surface area contributed by atoms with Crippen LogP contribution < -0.4 is 40.0 Å². The fourth-order valence-corrected chi connectivity index (χ4v) is 12.5. The van der Waals surface area contributed by atoms with E-state index < -0.39 is 0 Å². The largest absolute Gasteiger partial charge is 4.00 e. The molecule has 0 unspecified atom stereocenters. The third-order valence-electron chi connectivity index (χ3n) is 18.9. The molecule has 0 radical (unpaired) electrons. The van der Waals surface area contributed by atoms with Gasteiger partial charge in [0, 0.05) is 76.2 Å². The van der Waals surface area contributed by atoms with Crippen molar-refractivity contribution < 1.29 is 78.2 Å². The van der Waals surface area contributed by atoms with Gasteiger partial charge in [-0.25, -0.2) is 9.39 Å². The number of rotatable bonds is 4. The summed E-state index contributed by atoms with van der Waals surface area (Å²) in [7, 11) is 0. The molecule has 0 heterocycles. The number of para-hydroxylation sites is 4. The Morgan fingerprint density at radius 2 is 0.339 bits per heavy atom. The van der Waals surface area contributed by atoms with Crippen molar-refractivity contribution in [3.63, 3.8) is 0 Å². The minimum atomic E-state index is -0.376. The third kappa shape index (κ3) is 28.5. The van der Waals surface area contributed by atoms with Crippen molar-refractivity contribution in [1.29, 1.82) is 21.0 Å². The van der Waals surface area contributed by atoms with Crippen LogP contribution in [0.1, 0.15) is 252 Å². The van der Waals surface area contributed by atoms with Gasteiger partial charge >= 0.3 is 42.1 Å². The van der Waals surface area contributed by atoms with Crippen LogP contribution in [0.25, 0.3) is 11.1 Å². The van der Waals surface area contributed by atoms with E-state index in [0.717, 1.165) is 56.1 Å². The Bertz CT molecular complexity index is 4180. The van der Waals surface area contributed by atoms with E-state index in [-0.39, 0.29) is 153 Å². The van der Waals surface area contributed by atoms with Crippen molar-refractivity contribution in [2.45, 2.75) is 223 Å². The Labute approximate surface area is 713 Å². The average Bonchev–Trinajstić information content (AvgIpc) is 0.774. The van der Waals surface area contributed by atoms with E-state index in [0.29, 0.717) is 66.8 Å². The summed E-state index contributed by atoms with van der Waals surface area (Å²) in [6.45, 7) is 43.3. The number of hydrogen-bond donors (Lipinski definition) is 0. The van der Waals surface area contributed by atoms with Crippen LogP contribution in [0.2, 0.25) is 0 Å². The molecule has 1 aliphatic rings. The Hall–Kier alpha value is -10.5. The molecule has 0 fully saturated rings. The van der Waals surface area contributed by atoms with E-state index in [4.69, 9.17) is 21.0 Å². The summed E-state index contributed by atoms with van der Waals surface area (Å²) >= 11 is 0. The number of nitriles is 4. The summed E-state index contributed by atoms with van der Waals surface area (Å²) in [5.41, 5.74) is 31.6. The van der Waals surface area contributed by atoms with Crippen molar-refractivity contribution >= 4 is 22.7 Å². The Morgan fingerprint density at radius 3 is 0.426 bits per heavy atom. The van der Waals surface area contributed by atoms with Crippen LogP contribution >= 0.6 is 0 Å². The van der Waals surface area contributed by atoms with E-state index in [2.05, 4.69) is 125 Å². The van der Waals surface area contributed by atoms with Crippen molar-refractivity contribution in [1.82, 2.24) is 9.39 Å². The van der Waals surface area contributed by atoms with Gasteiger partial charge in [-0.05, 0) is 104 Å².